The molecule has 30 heavy (non-hydrogen) atoms. The number of amides is 1. The molecule has 1 N–H and O–H groups in total. The Kier molecular flexibility index (Phi) is 4.82. The van der Waals surface area contributed by atoms with E-state index in [1.54, 1.807) is 30.5 Å². The molecule has 0 saturated carbocycles. The topological polar surface area (TPSA) is 81.4 Å². The molecule has 3 heterocycles. The average Bonchev–Trinajstić information content (AvgIpc) is 3.10. The van der Waals surface area contributed by atoms with E-state index in [1.165, 1.54) is 10.7 Å². The molecular formula is C20H14F3N5O2. The highest BCUT2D eigenvalue weighted by Gasteiger charge is 2.30. The number of pyridine rings is 1. The lowest BCUT2D eigenvalue weighted by Crippen LogP contribution is -2.13. The predicted molar refractivity (Wildman–Crippen MR) is 101 cm³/mol. The van der Waals surface area contributed by atoms with E-state index in [2.05, 4.69) is 20.4 Å². The molecule has 0 radical (unpaired) electrons. The van der Waals surface area contributed by atoms with E-state index in [-0.39, 0.29) is 11.4 Å². The Morgan fingerprint density at radius 2 is 1.83 bits per heavy atom. The number of anilines is 1. The zero-order valence-electron chi connectivity index (χ0n) is 15.5. The van der Waals surface area contributed by atoms with Crippen LogP contribution in [0.5, 0.6) is 11.6 Å². The number of hydrogen-bond donors (Lipinski definition) is 1. The number of nitrogens with zero attached hydrogens (tertiary/aromatic N) is 4. The Balaban J connectivity index is 1.49. The zero-order valence-corrected chi connectivity index (χ0v) is 15.5. The number of carbonyl (C=O) groups is 1. The van der Waals surface area contributed by atoms with Gasteiger partial charge in [-0.2, -0.15) is 13.2 Å². The minimum atomic E-state index is -4.46. The van der Waals surface area contributed by atoms with E-state index in [9.17, 15) is 18.0 Å². The maximum Gasteiger partial charge on any atom is 0.416 e. The molecular weight excluding hydrogens is 399 g/mol. The number of imidazole rings is 1. The third-order valence-corrected chi connectivity index (χ3v) is 4.12. The second-order valence-electron chi connectivity index (χ2n) is 6.37. The van der Waals surface area contributed by atoms with Gasteiger partial charge in [-0.25, -0.2) is 9.50 Å². The van der Waals surface area contributed by atoms with Crippen molar-refractivity contribution in [1.82, 2.24) is 19.6 Å². The van der Waals surface area contributed by atoms with E-state index in [4.69, 9.17) is 4.74 Å². The van der Waals surface area contributed by atoms with Crippen molar-refractivity contribution in [3.8, 4) is 11.6 Å². The van der Waals surface area contributed by atoms with E-state index in [1.807, 2.05) is 6.92 Å². The van der Waals surface area contributed by atoms with Crippen molar-refractivity contribution in [2.24, 2.45) is 0 Å². The van der Waals surface area contributed by atoms with Crippen LogP contribution in [0, 0.1) is 6.92 Å². The van der Waals surface area contributed by atoms with Crippen molar-refractivity contribution in [3.05, 3.63) is 77.7 Å². The number of fused-ring (bicyclic) bond motifs is 1. The van der Waals surface area contributed by atoms with Gasteiger partial charge >= 0.3 is 6.18 Å². The summed E-state index contributed by atoms with van der Waals surface area (Å²) < 4.78 is 45.0. The lowest BCUT2D eigenvalue weighted by molar-refractivity contribution is -0.137. The Morgan fingerprint density at radius 3 is 2.50 bits per heavy atom. The summed E-state index contributed by atoms with van der Waals surface area (Å²) in [5.41, 5.74) is 0.553. The van der Waals surface area contributed by atoms with Gasteiger partial charge in [0.15, 0.2) is 11.5 Å². The van der Waals surface area contributed by atoms with Gasteiger partial charge in [-0.05, 0) is 49.4 Å². The number of rotatable bonds is 4. The fourth-order valence-corrected chi connectivity index (χ4v) is 2.61. The lowest BCUT2D eigenvalue weighted by atomic mass is 10.1. The highest BCUT2D eigenvalue weighted by molar-refractivity contribution is 6.03. The quantitative estimate of drug-likeness (QED) is 0.533. The van der Waals surface area contributed by atoms with Crippen molar-refractivity contribution in [2.45, 2.75) is 13.1 Å². The molecule has 0 spiro atoms. The fourth-order valence-electron chi connectivity index (χ4n) is 2.61. The Bertz CT molecular complexity index is 1200. The fraction of sp³-hybridized carbons (Fsp3) is 0.100. The maximum absolute atomic E-state index is 12.6. The van der Waals surface area contributed by atoms with E-state index >= 15 is 0 Å². The summed E-state index contributed by atoms with van der Waals surface area (Å²) >= 11 is 0. The van der Waals surface area contributed by atoms with Crippen LogP contribution in [-0.4, -0.2) is 25.5 Å². The lowest BCUT2D eigenvalue weighted by Gasteiger charge is -2.07. The van der Waals surface area contributed by atoms with Crippen LogP contribution in [0.3, 0.4) is 0 Å². The molecule has 0 bridgehead atoms. The molecule has 152 valence electrons. The van der Waals surface area contributed by atoms with E-state index in [0.29, 0.717) is 17.3 Å². The van der Waals surface area contributed by atoms with Crippen molar-refractivity contribution in [1.29, 1.82) is 0 Å². The number of hydrogen-bond acceptors (Lipinski definition) is 5. The monoisotopic (exact) mass is 413 g/mol. The van der Waals surface area contributed by atoms with Crippen LogP contribution in [0.1, 0.15) is 21.6 Å². The van der Waals surface area contributed by atoms with Crippen molar-refractivity contribution in [3.63, 3.8) is 0 Å². The second kappa shape index (κ2) is 7.47. The normalized spacial score (nSPS) is 11.5. The number of alkyl halides is 3. The SMILES string of the molecule is Cc1ccc(Oc2ccc3nc(NC(=O)c4ccc(C(F)(F)F)cc4)cn3n2)cn1. The van der Waals surface area contributed by atoms with Gasteiger partial charge in [0.2, 0.25) is 5.88 Å². The third-order valence-electron chi connectivity index (χ3n) is 4.12. The third kappa shape index (κ3) is 4.22. The maximum atomic E-state index is 12.6. The van der Waals surface area contributed by atoms with Gasteiger partial charge in [0.1, 0.15) is 5.75 Å². The van der Waals surface area contributed by atoms with Crippen LogP contribution in [0.4, 0.5) is 19.0 Å². The van der Waals surface area contributed by atoms with Crippen LogP contribution in [-0.2, 0) is 6.18 Å². The molecule has 1 aromatic carbocycles. The number of nitrogens with one attached hydrogen (secondary N) is 1. The van der Waals surface area contributed by atoms with Crippen LogP contribution >= 0.6 is 0 Å². The highest BCUT2D eigenvalue weighted by Crippen LogP contribution is 2.29. The molecule has 3 aromatic heterocycles. The molecule has 10 heteroatoms. The molecule has 7 nitrogen and oxygen atoms in total. The standard InChI is InChI=1S/C20H14F3N5O2/c1-12-2-7-15(10-24-12)30-18-9-8-17-25-16(11-28(17)27-18)26-19(29)13-3-5-14(6-4-13)20(21,22)23/h2-11H,1H3,(H,26,29). The van der Waals surface area contributed by atoms with Gasteiger partial charge in [0, 0.05) is 17.3 Å². The predicted octanol–water partition coefficient (Wildman–Crippen LogP) is 4.50. The van der Waals surface area contributed by atoms with E-state index in [0.717, 1.165) is 30.0 Å². The second-order valence-corrected chi connectivity index (χ2v) is 6.37. The highest BCUT2D eigenvalue weighted by atomic mass is 19.4. The number of carbonyl (C=O) groups excluding carboxylic acids is 1. The summed E-state index contributed by atoms with van der Waals surface area (Å²) in [6.07, 6.45) is -1.42. The molecule has 0 aliphatic carbocycles. The molecule has 0 saturated heterocycles. The van der Waals surface area contributed by atoms with Gasteiger partial charge in [-0.3, -0.25) is 9.78 Å². The average molecular weight is 413 g/mol. The van der Waals surface area contributed by atoms with Gasteiger partial charge in [0.25, 0.3) is 5.91 Å². The summed E-state index contributed by atoms with van der Waals surface area (Å²) in [6, 6.07) is 10.7. The summed E-state index contributed by atoms with van der Waals surface area (Å²) in [4.78, 5) is 20.6. The van der Waals surface area contributed by atoms with Crippen LogP contribution < -0.4 is 10.1 Å². The molecule has 1 amide bonds. The Labute approximate surface area is 168 Å². The molecule has 0 unspecified atom stereocenters. The number of aryl methyl sites for hydroxylation is 1. The summed E-state index contributed by atoms with van der Waals surface area (Å²) in [6.45, 7) is 1.86. The molecule has 4 rings (SSSR count). The van der Waals surface area contributed by atoms with Gasteiger partial charge in [-0.1, -0.05) is 0 Å². The van der Waals surface area contributed by atoms with E-state index < -0.39 is 17.6 Å². The van der Waals surface area contributed by atoms with Crippen molar-refractivity contribution >= 4 is 17.4 Å². The Morgan fingerprint density at radius 1 is 1.07 bits per heavy atom. The number of halogens is 3. The number of aromatic nitrogens is 4. The zero-order chi connectivity index (χ0) is 21.3. The molecule has 0 fully saturated rings. The van der Waals surface area contributed by atoms with Crippen LogP contribution in [0.2, 0.25) is 0 Å². The van der Waals surface area contributed by atoms with Crippen LogP contribution in [0.15, 0.2) is 60.9 Å². The van der Waals surface area contributed by atoms with Gasteiger partial charge in [0.05, 0.1) is 18.0 Å². The van der Waals surface area contributed by atoms with Crippen molar-refractivity contribution < 1.29 is 22.7 Å². The Hall–Kier alpha value is -3.95. The largest absolute Gasteiger partial charge is 0.436 e. The molecule has 4 aromatic rings. The summed E-state index contributed by atoms with van der Waals surface area (Å²) in [7, 11) is 0. The first-order valence-corrected chi connectivity index (χ1v) is 8.73. The number of benzene rings is 1. The molecule has 0 aliphatic rings. The molecule has 0 atom stereocenters. The first-order chi connectivity index (χ1) is 14.3. The first kappa shape index (κ1) is 19.4. The number of ether oxygens (including phenoxy) is 1. The minimum absolute atomic E-state index is 0.0731. The first-order valence-electron chi connectivity index (χ1n) is 8.73. The van der Waals surface area contributed by atoms with Crippen molar-refractivity contribution in [2.75, 3.05) is 5.32 Å². The smallest absolute Gasteiger partial charge is 0.416 e. The summed E-state index contributed by atoms with van der Waals surface area (Å²) in [5, 5.41) is 6.80. The minimum Gasteiger partial charge on any atom is -0.436 e. The van der Waals surface area contributed by atoms with Crippen LogP contribution in [0.25, 0.3) is 5.65 Å². The van der Waals surface area contributed by atoms with Gasteiger partial charge in [-0.15, -0.1) is 5.10 Å². The van der Waals surface area contributed by atoms with Gasteiger partial charge < -0.3 is 10.1 Å². The molecule has 0 aliphatic heterocycles. The summed E-state index contributed by atoms with van der Waals surface area (Å²) in [5.74, 6) is 0.422.